The van der Waals surface area contributed by atoms with Crippen LogP contribution in [0.15, 0.2) is 0 Å². The summed E-state index contributed by atoms with van der Waals surface area (Å²) in [5, 5.41) is 7.43. The van der Waals surface area contributed by atoms with Gasteiger partial charge in [-0.1, -0.05) is 0 Å². The number of hydrogen-bond donors (Lipinski definition) is 4. The average Bonchev–Trinajstić information content (AvgIpc) is 3.42. The molecule has 3 aliphatic heterocycles. The van der Waals surface area contributed by atoms with Gasteiger partial charge < -0.3 is 10.1 Å². The molecule has 0 bridgehead atoms. The van der Waals surface area contributed by atoms with E-state index in [1.54, 1.807) is 0 Å². The highest BCUT2D eigenvalue weighted by Gasteiger charge is 2.45. The van der Waals surface area contributed by atoms with Crippen LogP contribution in [-0.2, 0) is 4.74 Å². The zero-order valence-corrected chi connectivity index (χ0v) is 16.2. The SMILES string of the molecule is C1CO[C@H](CNC2NNC(C3CCC(C4CC4)CC3)C3CCNCC23)C1. The molecule has 2 saturated carbocycles. The van der Waals surface area contributed by atoms with Crippen LogP contribution in [0.1, 0.15) is 57.8 Å². The van der Waals surface area contributed by atoms with Gasteiger partial charge in [0.1, 0.15) is 0 Å². The van der Waals surface area contributed by atoms with Crippen molar-refractivity contribution in [2.24, 2.45) is 29.6 Å². The number of hydrazine groups is 1. The fraction of sp³-hybridized carbons (Fsp3) is 1.00. The Bertz CT molecular complexity index is 457. The minimum atomic E-state index is 0.371. The van der Waals surface area contributed by atoms with Crippen LogP contribution in [0.3, 0.4) is 0 Å². The summed E-state index contributed by atoms with van der Waals surface area (Å²) in [5.74, 6) is 4.54. The van der Waals surface area contributed by atoms with Crippen LogP contribution in [0, 0.1) is 29.6 Å². The summed E-state index contributed by atoms with van der Waals surface area (Å²) < 4.78 is 5.80. The average molecular weight is 363 g/mol. The monoisotopic (exact) mass is 362 g/mol. The number of nitrogens with one attached hydrogen (secondary N) is 4. The number of rotatable bonds is 5. The van der Waals surface area contributed by atoms with Gasteiger partial charge in [0.05, 0.1) is 12.3 Å². The molecule has 0 spiro atoms. The van der Waals surface area contributed by atoms with E-state index in [2.05, 4.69) is 21.5 Å². The molecule has 4 N–H and O–H groups in total. The summed E-state index contributed by atoms with van der Waals surface area (Å²) in [7, 11) is 0. The number of ether oxygens (including phenoxy) is 1. The van der Waals surface area contributed by atoms with Crippen molar-refractivity contribution in [3.63, 3.8) is 0 Å². The fourth-order valence-electron chi connectivity index (χ4n) is 6.39. The second-order valence-corrected chi connectivity index (χ2v) is 9.67. The highest BCUT2D eigenvalue weighted by Crippen LogP contribution is 2.47. The van der Waals surface area contributed by atoms with Crippen molar-refractivity contribution < 1.29 is 4.74 Å². The molecule has 26 heavy (non-hydrogen) atoms. The molecule has 5 heteroatoms. The standard InChI is InChI=1S/C21H38N4O/c1-2-17(26-11-1)12-23-21-19-13-22-10-9-18(19)20(24-25-21)16-7-5-15(6-8-16)14-3-4-14/h14-25H,1-13H2/t15?,16?,17-,18?,19?,20?,21?/m0/s1. The maximum absolute atomic E-state index is 5.80. The van der Waals surface area contributed by atoms with E-state index in [1.807, 2.05) is 0 Å². The van der Waals surface area contributed by atoms with Crippen LogP contribution >= 0.6 is 0 Å². The Labute approximate surface area is 158 Å². The lowest BCUT2D eigenvalue weighted by molar-refractivity contribution is 0.0205. The van der Waals surface area contributed by atoms with E-state index in [9.17, 15) is 0 Å². The Morgan fingerprint density at radius 3 is 2.31 bits per heavy atom. The van der Waals surface area contributed by atoms with Crippen LogP contribution in [0.4, 0.5) is 0 Å². The van der Waals surface area contributed by atoms with Gasteiger partial charge in [-0.3, -0.25) is 10.7 Å². The lowest BCUT2D eigenvalue weighted by atomic mass is 9.68. The molecule has 148 valence electrons. The molecule has 0 amide bonds. The van der Waals surface area contributed by atoms with Gasteiger partial charge in [0.15, 0.2) is 0 Å². The van der Waals surface area contributed by atoms with E-state index in [-0.39, 0.29) is 0 Å². The third kappa shape index (κ3) is 3.83. The van der Waals surface area contributed by atoms with E-state index in [1.165, 1.54) is 64.3 Å². The quantitative estimate of drug-likeness (QED) is 0.603. The maximum atomic E-state index is 5.80. The summed E-state index contributed by atoms with van der Waals surface area (Å²) in [6.07, 6.45) is 13.5. The van der Waals surface area contributed by atoms with E-state index in [4.69, 9.17) is 4.74 Å². The zero-order chi connectivity index (χ0) is 17.3. The van der Waals surface area contributed by atoms with Gasteiger partial charge in [-0.2, -0.15) is 0 Å². The molecule has 5 fully saturated rings. The predicted molar refractivity (Wildman–Crippen MR) is 103 cm³/mol. The Morgan fingerprint density at radius 2 is 1.58 bits per heavy atom. The van der Waals surface area contributed by atoms with Crippen LogP contribution in [0.2, 0.25) is 0 Å². The molecule has 0 radical (unpaired) electrons. The highest BCUT2D eigenvalue weighted by atomic mass is 16.5. The molecule has 5 nitrogen and oxygen atoms in total. The van der Waals surface area contributed by atoms with E-state index in [0.29, 0.717) is 24.2 Å². The summed E-state index contributed by atoms with van der Waals surface area (Å²) in [4.78, 5) is 0. The molecular formula is C21H38N4O. The smallest absolute Gasteiger partial charge is 0.0749 e. The van der Waals surface area contributed by atoms with Crippen molar-refractivity contribution in [3.8, 4) is 0 Å². The highest BCUT2D eigenvalue weighted by molar-refractivity contribution is 4.99. The van der Waals surface area contributed by atoms with Crippen LogP contribution in [0.5, 0.6) is 0 Å². The topological polar surface area (TPSA) is 57.4 Å². The molecular weight excluding hydrogens is 324 g/mol. The lowest BCUT2D eigenvalue weighted by Crippen LogP contribution is -2.70. The van der Waals surface area contributed by atoms with Crippen molar-refractivity contribution in [2.45, 2.75) is 76.1 Å². The van der Waals surface area contributed by atoms with E-state index < -0.39 is 0 Å². The molecule has 3 saturated heterocycles. The second-order valence-electron chi connectivity index (χ2n) is 9.67. The van der Waals surface area contributed by atoms with Crippen molar-refractivity contribution >= 4 is 0 Å². The minimum Gasteiger partial charge on any atom is -0.377 e. The van der Waals surface area contributed by atoms with Crippen LogP contribution in [0.25, 0.3) is 0 Å². The number of piperidine rings is 1. The normalized spacial score (nSPS) is 46.8. The second kappa shape index (κ2) is 8.04. The van der Waals surface area contributed by atoms with Crippen LogP contribution < -0.4 is 21.5 Å². The van der Waals surface area contributed by atoms with Crippen molar-refractivity contribution in [1.29, 1.82) is 0 Å². The van der Waals surface area contributed by atoms with Gasteiger partial charge in [-0.15, -0.1) is 0 Å². The first kappa shape index (κ1) is 17.9. The predicted octanol–water partition coefficient (Wildman–Crippen LogP) is 2.00. The Hall–Kier alpha value is -0.200. The lowest BCUT2D eigenvalue weighted by Gasteiger charge is -2.50. The fourth-order valence-corrected chi connectivity index (χ4v) is 6.39. The first-order valence-corrected chi connectivity index (χ1v) is 11.5. The molecule has 4 unspecified atom stereocenters. The van der Waals surface area contributed by atoms with Gasteiger partial charge in [-0.05, 0) is 88.0 Å². The summed E-state index contributed by atoms with van der Waals surface area (Å²) in [6, 6.07) is 0.669. The van der Waals surface area contributed by atoms with Crippen LogP contribution in [-0.4, -0.2) is 44.6 Å². The molecule has 0 aromatic rings. The molecule has 5 atom stereocenters. The summed E-state index contributed by atoms with van der Waals surface area (Å²) >= 11 is 0. The molecule has 2 aliphatic carbocycles. The van der Waals surface area contributed by atoms with Crippen molar-refractivity contribution in [3.05, 3.63) is 0 Å². The van der Waals surface area contributed by atoms with E-state index >= 15 is 0 Å². The largest absolute Gasteiger partial charge is 0.377 e. The minimum absolute atomic E-state index is 0.371. The molecule has 0 aromatic heterocycles. The zero-order valence-electron chi connectivity index (χ0n) is 16.2. The first-order valence-electron chi connectivity index (χ1n) is 11.5. The van der Waals surface area contributed by atoms with Gasteiger partial charge in [-0.25, -0.2) is 5.43 Å². The third-order valence-corrected chi connectivity index (χ3v) is 8.08. The molecule has 0 aromatic carbocycles. The number of fused-ring (bicyclic) bond motifs is 1. The first-order chi connectivity index (χ1) is 12.9. The summed E-state index contributed by atoms with van der Waals surface area (Å²) in [6.45, 7) is 4.27. The Morgan fingerprint density at radius 1 is 0.808 bits per heavy atom. The van der Waals surface area contributed by atoms with Gasteiger partial charge in [0.2, 0.25) is 0 Å². The Balaban J connectivity index is 1.18. The molecule has 3 heterocycles. The van der Waals surface area contributed by atoms with Crippen molar-refractivity contribution in [2.75, 3.05) is 26.2 Å². The molecule has 5 rings (SSSR count). The van der Waals surface area contributed by atoms with E-state index in [0.717, 1.165) is 43.4 Å². The molecule has 5 aliphatic rings. The maximum Gasteiger partial charge on any atom is 0.0749 e. The van der Waals surface area contributed by atoms with Gasteiger partial charge >= 0.3 is 0 Å². The van der Waals surface area contributed by atoms with Gasteiger partial charge in [0.25, 0.3) is 0 Å². The number of hydrogen-bond acceptors (Lipinski definition) is 5. The Kier molecular flexibility index (Phi) is 5.53. The summed E-state index contributed by atoms with van der Waals surface area (Å²) in [5.41, 5.74) is 7.47. The third-order valence-electron chi connectivity index (χ3n) is 8.08. The van der Waals surface area contributed by atoms with Gasteiger partial charge in [0, 0.05) is 31.7 Å². The van der Waals surface area contributed by atoms with Crippen molar-refractivity contribution in [1.82, 2.24) is 21.5 Å².